The van der Waals surface area contributed by atoms with Gasteiger partial charge in [0.15, 0.2) is 0 Å². The maximum absolute atomic E-state index is 11.5. The van der Waals surface area contributed by atoms with E-state index in [0.717, 1.165) is 11.3 Å². The number of nitrogens with zero attached hydrogens (tertiary/aromatic N) is 2. The van der Waals surface area contributed by atoms with Crippen molar-refractivity contribution in [2.75, 3.05) is 13.7 Å². The normalized spacial score (nSPS) is 13.0. The van der Waals surface area contributed by atoms with Gasteiger partial charge in [-0.05, 0) is 18.1 Å². The Morgan fingerprint density at radius 2 is 2.10 bits per heavy atom. The summed E-state index contributed by atoms with van der Waals surface area (Å²) in [6.07, 6.45) is 0. The van der Waals surface area contributed by atoms with E-state index in [-0.39, 0.29) is 11.8 Å². The number of para-hydroxylation sites is 1. The molecular formula is C16H22N2O3. The molecule has 21 heavy (non-hydrogen) atoms. The maximum Gasteiger partial charge on any atom is 0.337 e. The SMILES string of the molecule is COCC(C)Cn1c(C(C)C)nc2cccc(C(=O)O)c21. The van der Waals surface area contributed by atoms with Crippen LogP contribution in [0.25, 0.3) is 11.0 Å². The highest BCUT2D eigenvalue weighted by molar-refractivity contribution is 6.01. The van der Waals surface area contributed by atoms with Gasteiger partial charge in [0.05, 0.1) is 23.2 Å². The number of hydrogen-bond acceptors (Lipinski definition) is 3. The molecule has 1 aromatic heterocycles. The fraction of sp³-hybridized carbons (Fsp3) is 0.500. The third kappa shape index (κ3) is 3.08. The monoisotopic (exact) mass is 290 g/mol. The van der Waals surface area contributed by atoms with Crippen molar-refractivity contribution in [2.24, 2.45) is 5.92 Å². The number of methoxy groups -OCH3 is 1. The Balaban J connectivity index is 2.62. The topological polar surface area (TPSA) is 64.4 Å². The molecule has 1 unspecified atom stereocenters. The summed E-state index contributed by atoms with van der Waals surface area (Å²) in [5, 5.41) is 9.43. The number of aromatic carboxylic acids is 1. The Morgan fingerprint density at radius 3 is 2.67 bits per heavy atom. The van der Waals surface area contributed by atoms with Crippen LogP contribution in [0.1, 0.15) is 42.9 Å². The van der Waals surface area contributed by atoms with Crippen molar-refractivity contribution in [3.05, 3.63) is 29.6 Å². The maximum atomic E-state index is 11.5. The molecule has 0 radical (unpaired) electrons. The fourth-order valence-electron chi connectivity index (χ4n) is 2.65. The lowest BCUT2D eigenvalue weighted by atomic mass is 10.1. The second-order valence-corrected chi connectivity index (χ2v) is 5.77. The zero-order valence-electron chi connectivity index (χ0n) is 13.0. The van der Waals surface area contributed by atoms with Gasteiger partial charge in [0.1, 0.15) is 5.82 Å². The predicted molar refractivity (Wildman–Crippen MR) is 81.8 cm³/mol. The molecule has 114 valence electrons. The number of fused-ring (bicyclic) bond motifs is 1. The van der Waals surface area contributed by atoms with Gasteiger partial charge in [-0.25, -0.2) is 9.78 Å². The number of carbonyl (C=O) groups is 1. The van der Waals surface area contributed by atoms with Crippen molar-refractivity contribution in [1.82, 2.24) is 9.55 Å². The van der Waals surface area contributed by atoms with Crippen LogP contribution in [0.2, 0.25) is 0 Å². The van der Waals surface area contributed by atoms with E-state index in [9.17, 15) is 9.90 Å². The van der Waals surface area contributed by atoms with Gasteiger partial charge in [-0.15, -0.1) is 0 Å². The summed E-state index contributed by atoms with van der Waals surface area (Å²) in [7, 11) is 1.68. The van der Waals surface area contributed by atoms with Gasteiger partial charge in [0.25, 0.3) is 0 Å². The molecule has 1 atom stereocenters. The number of carboxylic acid groups (broad SMARTS) is 1. The Kier molecular flexibility index (Phi) is 4.63. The number of ether oxygens (including phenoxy) is 1. The zero-order valence-corrected chi connectivity index (χ0v) is 13.0. The van der Waals surface area contributed by atoms with Crippen molar-refractivity contribution >= 4 is 17.0 Å². The molecule has 0 spiro atoms. The molecule has 0 aliphatic carbocycles. The molecule has 5 nitrogen and oxygen atoms in total. The van der Waals surface area contributed by atoms with E-state index in [1.165, 1.54) is 0 Å². The highest BCUT2D eigenvalue weighted by Crippen LogP contribution is 2.26. The van der Waals surface area contributed by atoms with Crippen LogP contribution in [0.15, 0.2) is 18.2 Å². The van der Waals surface area contributed by atoms with Crippen LogP contribution < -0.4 is 0 Å². The van der Waals surface area contributed by atoms with E-state index in [2.05, 4.69) is 25.8 Å². The Bertz CT molecular complexity index is 646. The lowest BCUT2D eigenvalue weighted by Gasteiger charge is -2.16. The first-order valence-electron chi connectivity index (χ1n) is 7.17. The lowest BCUT2D eigenvalue weighted by molar-refractivity contribution is 0.0698. The van der Waals surface area contributed by atoms with Crippen LogP contribution in [0.4, 0.5) is 0 Å². The quantitative estimate of drug-likeness (QED) is 0.887. The molecule has 1 aromatic carbocycles. The molecule has 0 aliphatic heterocycles. The molecule has 1 heterocycles. The van der Waals surface area contributed by atoms with Crippen LogP contribution in [-0.2, 0) is 11.3 Å². The second-order valence-electron chi connectivity index (χ2n) is 5.77. The average Bonchev–Trinajstić information content (AvgIpc) is 2.78. The minimum absolute atomic E-state index is 0.230. The smallest absolute Gasteiger partial charge is 0.337 e. The Morgan fingerprint density at radius 1 is 1.38 bits per heavy atom. The molecule has 1 N–H and O–H groups in total. The summed E-state index contributed by atoms with van der Waals surface area (Å²) in [5.74, 6) is 0.513. The van der Waals surface area contributed by atoms with Crippen LogP contribution in [0.3, 0.4) is 0 Å². The van der Waals surface area contributed by atoms with Gasteiger partial charge in [-0.1, -0.05) is 26.8 Å². The summed E-state index contributed by atoms with van der Waals surface area (Å²) < 4.78 is 7.23. The van der Waals surface area contributed by atoms with E-state index in [1.807, 2.05) is 10.6 Å². The third-order valence-electron chi connectivity index (χ3n) is 3.49. The zero-order chi connectivity index (χ0) is 15.6. The van der Waals surface area contributed by atoms with Gasteiger partial charge < -0.3 is 14.4 Å². The van der Waals surface area contributed by atoms with Crippen LogP contribution >= 0.6 is 0 Å². The number of aromatic nitrogens is 2. The molecule has 0 aliphatic rings. The van der Waals surface area contributed by atoms with Crippen LogP contribution in [0.5, 0.6) is 0 Å². The van der Waals surface area contributed by atoms with Crippen LogP contribution in [0, 0.1) is 5.92 Å². The number of rotatable bonds is 6. The first-order valence-corrected chi connectivity index (χ1v) is 7.17. The number of benzene rings is 1. The minimum atomic E-state index is -0.920. The highest BCUT2D eigenvalue weighted by atomic mass is 16.5. The molecule has 0 fully saturated rings. The van der Waals surface area contributed by atoms with E-state index in [1.54, 1.807) is 19.2 Å². The van der Waals surface area contributed by atoms with Crippen LogP contribution in [-0.4, -0.2) is 34.3 Å². The fourth-order valence-corrected chi connectivity index (χ4v) is 2.65. The van der Waals surface area contributed by atoms with Gasteiger partial charge in [-0.3, -0.25) is 0 Å². The Labute approximate surface area is 124 Å². The van der Waals surface area contributed by atoms with E-state index in [4.69, 9.17) is 4.74 Å². The molecule has 5 heteroatoms. The van der Waals surface area contributed by atoms with Crippen molar-refractivity contribution in [2.45, 2.75) is 33.2 Å². The summed E-state index contributed by atoms with van der Waals surface area (Å²) in [5.41, 5.74) is 1.75. The van der Waals surface area contributed by atoms with E-state index >= 15 is 0 Å². The van der Waals surface area contributed by atoms with Gasteiger partial charge in [0.2, 0.25) is 0 Å². The van der Waals surface area contributed by atoms with Gasteiger partial charge in [0, 0.05) is 19.6 Å². The molecule has 2 rings (SSSR count). The number of imidazole rings is 1. The average molecular weight is 290 g/mol. The second kappa shape index (κ2) is 6.26. The van der Waals surface area contributed by atoms with E-state index < -0.39 is 5.97 Å². The van der Waals surface area contributed by atoms with Crippen molar-refractivity contribution < 1.29 is 14.6 Å². The van der Waals surface area contributed by atoms with Crippen molar-refractivity contribution in [3.8, 4) is 0 Å². The first kappa shape index (κ1) is 15.5. The molecule has 0 saturated carbocycles. The lowest BCUT2D eigenvalue weighted by Crippen LogP contribution is -2.16. The summed E-state index contributed by atoms with van der Waals surface area (Å²) in [6.45, 7) is 7.55. The van der Waals surface area contributed by atoms with E-state index in [0.29, 0.717) is 24.2 Å². The van der Waals surface area contributed by atoms with Crippen molar-refractivity contribution in [1.29, 1.82) is 0 Å². The largest absolute Gasteiger partial charge is 0.478 e. The standard InChI is InChI=1S/C16H22N2O3/c1-10(2)15-17-13-7-5-6-12(16(19)20)14(13)18(15)8-11(3)9-21-4/h5-7,10-11H,8-9H2,1-4H3,(H,19,20). The van der Waals surface area contributed by atoms with Gasteiger partial charge in [-0.2, -0.15) is 0 Å². The summed E-state index contributed by atoms with van der Waals surface area (Å²) >= 11 is 0. The molecule has 0 amide bonds. The first-order chi connectivity index (χ1) is 9.95. The third-order valence-corrected chi connectivity index (χ3v) is 3.49. The Hall–Kier alpha value is -1.88. The number of carboxylic acids is 1. The van der Waals surface area contributed by atoms with Crippen molar-refractivity contribution in [3.63, 3.8) is 0 Å². The molecule has 0 bridgehead atoms. The molecular weight excluding hydrogens is 268 g/mol. The molecule has 2 aromatic rings. The van der Waals surface area contributed by atoms with Gasteiger partial charge >= 0.3 is 5.97 Å². The predicted octanol–water partition coefficient (Wildman–Crippen LogP) is 3.14. The highest BCUT2D eigenvalue weighted by Gasteiger charge is 2.20. The minimum Gasteiger partial charge on any atom is -0.478 e. The number of hydrogen-bond donors (Lipinski definition) is 1. The summed E-state index contributed by atoms with van der Waals surface area (Å²) in [6, 6.07) is 5.24. The molecule has 0 saturated heterocycles. The summed E-state index contributed by atoms with van der Waals surface area (Å²) in [4.78, 5) is 16.1.